The SMILES string of the molecule is C=C[C@@H]1[C@H](OC(=O)OC)[C@@H](C)NC(=O)[C@]1(O)C(=O)OC. The van der Waals surface area contributed by atoms with E-state index in [1.165, 1.54) is 6.08 Å². The highest BCUT2D eigenvalue weighted by Gasteiger charge is 2.59. The Bertz CT molecular complexity index is 436. The molecule has 2 N–H and O–H groups in total. The number of carbonyl (C=O) groups is 3. The predicted molar refractivity (Wildman–Crippen MR) is 65.5 cm³/mol. The summed E-state index contributed by atoms with van der Waals surface area (Å²) < 4.78 is 13.8. The highest BCUT2D eigenvalue weighted by molar-refractivity contribution is 6.07. The van der Waals surface area contributed by atoms with Gasteiger partial charge in [0.05, 0.1) is 26.2 Å². The van der Waals surface area contributed by atoms with Crippen molar-refractivity contribution in [1.82, 2.24) is 5.32 Å². The lowest BCUT2D eigenvalue weighted by Gasteiger charge is -2.42. The fourth-order valence-electron chi connectivity index (χ4n) is 2.12. The minimum atomic E-state index is -2.51. The molecular weight excluding hydrogens is 270 g/mol. The second-order valence-electron chi connectivity index (χ2n) is 4.32. The van der Waals surface area contributed by atoms with Crippen LogP contribution in [0.15, 0.2) is 12.7 Å². The van der Waals surface area contributed by atoms with E-state index in [4.69, 9.17) is 4.74 Å². The van der Waals surface area contributed by atoms with Crippen molar-refractivity contribution >= 4 is 18.0 Å². The van der Waals surface area contributed by atoms with Crippen molar-refractivity contribution < 1.29 is 33.7 Å². The van der Waals surface area contributed by atoms with Crippen LogP contribution in [0.25, 0.3) is 0 Å². The van der Waals surface area contributed by atoms with Crippen LogP contribution in [-0.4, -0.2) is 55.1 Å². The first-order valence-corrected chi connectivity index (χ1v) is 5.81. The van der Waals surface area contributed by atoms with Crippen LogP contribution in [0.3, 0.4) is 0 Å². The molecule has 0 radical (unpaired) electrons. The largest absolute Gasteiger partial charge is 0.508 e. The van der Waals surface area contributed by atoms with Crippen molar-refractivity contribution in [1.29, 1.82) is 0 Å². The van der Waals surface area contributed by atoms with Crippen LogP contribution in [0, 0.1) is 5.92 Å². The lowest BCUT2D eigenvalue weighted by atomic mass is 9.76. The Morgan fingerprint density at radius 1 is 1.40 bits per heavy atom. The van der Waals surface area contributed by atoms with Crippen molar-refractivity contribution in [2.75, 3.05) is 14.2 Å². The van der Waals surface area contributed by atoms with Gasteiger partial charge in [-0.05, 0) is 6.92 Å². The van der Waals surface area contributed by atoms with E-state index in [2.05, 4.69) is 21.4 Å². The Morgan fingerprint density at radius 3 is 2.45 bits per heavy atom. The van der Waals surface area contributed by atoms with Crippen LogP contribution in [0.5, 0.6) is 0 Å². The number of hydrogen-bond acceptors (Lipinski definition) is 7. The first kappa shape index (κ1) is 16.0. The van der Waals surface area contributed by atoms with E-state index in [0.717, 1.165) is 14.2 Å². The van der Waals surface area contributed by atoms with Gasteiger partial charge in [-0.3, -0.25) is 4.79 Å². The molecule has 1 saturated heterocycles. The summed E-state index contributed by atoms with van der Waals surface area (Å²) >= 11 is 0. The highest BCUT2D eigenvalue weighted by atomic mass is 16.7. The minimum absolute atomic E-state index is 0.644. The van der Waals surface area contributed by atoms with Crippen molar-refractivity contribution in [2.45, 2.75) is 24.7 Å². The summed E-state index contributed by atoms with van der Waals surface area (Å²) in [5, 5.41) is 12.7. The maximum Gasteiger partial charge on any atom is 0.508 e. The summed E-state index contributed by atoms with van der Waals surface area (Å²) in [7, 11) is 2.14. The lowest BCUT2D eigenvalue weighted by Crippen LogP contribution is -2.69. The topological polar surface area (TPSA) is 111 Å². The second-order valence-corrected chi connectivity index (χ2v) is 4.32. The summed E-state index contributed by atoms with van der Waals surface area (Å²) in [5.74, 6) is -3.27. The first-order chi connectivity index (χ1) is 9.32. The standard InChI is InChI=1S/C12H17NO7/c1-5-7-8(20-11(16)19-4)6(2)13-9(14)12(7,17)10(15)18-3/h5-8,17H,1H2,2-4H3,(H,13,14)/t6-,7-,8-,12+/m1/s1. The van der Waals surface area contributed by atoms with E-state index in [1.807, 2.05) is 0 Å². The summed E-state index contributed by atoms with van der Waals surface area (Å²) in [6.07, 6.45) is -0.862. The monoisotopic (exact) mass is 287 g/mol. The smallest absolute Gasteiger partial charge is 0.466 e. The number of amides is 1. The number of aliphatic hydroxyl groups is 1. The molecule has 0 aliphatic carbocycles. The van der Waals surface area contributed by atoms with Crippen molar-refractivity contribution in [2.24, 2.45) is 5.92 Å². The Kier molecular flexibility index (Phi) is 4.72. The third-order valence-electron chi connectivity index (χ3n) is 3.18. The van der Waals surface area contributed by atoms with Gasteiger partial charge in [0.15, 0.2) is 0 Å². The van der Waals surface area contributed by atoms with Gasteiger partial charge in [-0.25, -0.2) is 9.59 Å². The molecule has 1 fully saturated rings. The molecule has 0 unspecified atom stereocenters. The average Bonchev–Trinajstić information content (AvgIpc) is 2.43. The number of nitrogens with one attached hydrogen (secondary N) is 1. The lowest BCUT2D eigenvalue weighted by molar-refractivity contribution is -0.185. The van der Waals surface area contributed by atoms with Crippen molar-refractivity contribution in [3.63, 3.8) is 0 Å². The van der Waals surface area contributed by atoms with Crippen LogP contribution in [0.4, 0.5) is 4.79 Å². The van der Waals surface area contributed by atoms with Crippen LogP contribution >= 0.6 is 0 Å². The number of carbonyl (C=O) groups excluding carboxylic acids is 3. The van der Waals surface area contributed by atoms with Gasteiger partial charge in [-0.15, -0.1) is 6.58 Å². The quantitative estimate of drug-likeness (QED) is 0.403. The van der Waals surface area contributed by atoms with Crippen LogP contribution in [-0.2, 0) is 23.8 Å². The van der Waals surface area contributed by atoms with E-state index in [9.17, 15) is 19.5 Å². The Labute approximate surface area is 115 Å². The minimum Gasteiger partial charge on any atom is -0.466 e. The number of ether oxygens (including phenoxy) is 3. The summed E-state index contributed by atoms with van der Waals surface area (Å²) in [6, 6.07) is -0.644. The maximum absolute atomic E-state index is 11.9. The number of hydrogen-bond donors (Lipinski definition) is 2. The molecule has 0 spiro atoms. The van der Waals surface area contributed by atoms with E-state index in [0.29, 0.717) is 0 Å². The molecule has 0 saturated carbocycles. The predicted octanol–water partition coefficient (Wildman–Crippen LogP) is -0.637. The van der Waals surface area contributed by atoms with E-state index in [1.54, 1.807) is 6.92 Å². The summed E-state index contributed by atoms with van der Waals surface area (Å²) in [6.45, 7) is 5.02. The average molecular weight is 287 g/mol. The summed E-state index contributed by atoms with van der Waals surface area (Å²) in [5.41, 5.74) is -2.51. The molecular formula is C12H17NO7. The zero-order chi connectivity index (χ0) is 15.5. The van der Waals surface area contributed by atoms with Crippen LogP contribution in [0.2, 0.25) is 0 Å². The fourth-order valence-corrected chi connectivity index (χ4v) is 2.12. The molecule has 8 heteroatoms. The Hall–Kier alpha value is -2.09. The highest BCUT2D eigenvalue weighted by Crippen LogP contribution is 2.32. The van der Waals surface area contributed by atoms with E-state index in [-0.39, 0.29) is 0 Å². The first-order valence-electron chi connectivity index (χ1n) is 5.81. The van der Waals surface area contributed by atoms with E-state index >= 15 is 0 Å². The van der Waals surface area contributed by atoms with Gasteiger partial charge in [0.2, 0.25) is 0 Å². The molecule has 1 aliphatic rings. The number of piperidine rings is 1. The molecule has 4 atom stereocenters. The molecule has 1 heterocycles. The number of methoxy groups -OCH3 is 2. The van der Waals surface area contributed by atoms with E-state index < -0.39 is 41.7 Å². The zero-order valence-corrected chi connectivity index (χ0v) is 11.4. The van der Waals surface area contributed by atoms with Gasteiger partial charge in [0, 0.05) is 0 Å². The molecule has 0 aromatic heterocycles. The fraction of sp³-hybridized carbons (Fsp3) is 0.583. The van der Waals surface area contributed by atoms with Crippen molar-refractivity contribution in [3.05, 3.63) is 12.7 Å². The number of esters is 1. The molecule has 1 aliphatic heterocycles. The molecule has 112 valence electrons. The van der Waals surface area contributed by atoms with Gasteiger partial charge in [0.25, 0.3) is 11.5 Å². The molecule has 0 bridgehead atoms. The molecule has 1 rings (SSSR count). The van der Waals surface area contributed by atoms with Gasteiger partial charge >= 0.3 is 12.1 Å². The van der Waals surface area contributed by atoms with Gasteiger partial charge in [-0.2, -0.15) is 0 Å². The number of rotatable bonds is 3. The molecule has 0 aromatic carbocycles. The van der Waals surface area contributed by atoms with Gasteiger partial charge < -0.3 is 24.6 Å². The maximum atomic E-state index is 11.9. The molecule has 8 nitrogen and oxygen atoms in total. The zero-order valence-electron chi connectivity index (χ0n) is 11.4. The van der Waals surface area contributed by atoms with Crippen LogP contribution < -0.4 is 5.32 Å². The van der Waals surface area contributed by atoms with Gasteiger partial charge in [-0.1, -0.05) is 6.08 Å². The van der Waals surface area contributed by atoms with Crippen LogP contribution in [0.1, 0.15) is 6.92 Å². The Morgan fingerprint density at radius 2 is 2.00 bits per heavy atom. The normalized spacial score (nSPS) is 32.8. The van der Waals surface area contributed by atoms with Crippen molar-refractivity contribution in [3.8, 4) is 0 Å². The molecule has 20 heavy (non-hydrogen) atoms. The summed E-state index contributed by atoms with van der Waals surface area (Å²) in [4.78, 5) is 34.9. The second kappa shape index (κ2) is 5.91. The third-order valence-corrected chi connectivity index (χ3v) is 3.18. The van der Waals surface area contributed by atoms with Gasteiger partial charge in [0.1, 0.15) is 6.10 Å². The third kappa shape index (κ3) is 2.46. The molecule has 0 aromatic rings. The molecule has 1 amide bonds. The Balaban J connectivity index is 3.19.